The summed E-state index contributed by atoms with van der Waals surface area (Å²) < 4.78 is 21.4. The van der Waals surface area contributed by atoms with Gasteiger partial charge in [-0.2, -0.15) is 5.26 Å². The van der Waals surface area contributed by atoms with E-state index in [1.54, 1.807) is 61.7 Å². The molecule has 10 nitrogen and oxygen atoms in total. The number of anilines is 1. The van der Waals surface area contributed by atoms with Crippen molar-refractivity contribution in [1.29, 1.82) is 5.26 Å². The Balaban J connectivity index is 1.72. The third kappa shape index (κ3) is 4.39. The second kappa shape index (κ2) is 10.7. The molecule has 0 bridgehead atoms. The van der Waals surface area contributed by atoms with Gasteiger partial charge in [-0.25, -0.2) is 14.6 Å². The highest BCUT2D eigenvalue weighted by Crippen LogP contribution is 2.43. The van der Waals surface area contributed by atoms with E-state index in [2.05, 4.69) is 11.1 Å². The molecule has 2 heterocycles. The molecule has 40 heavy (non-hydrogen) atoms. The molecule has 0 saturated carbocycles. The highest BCUT2D eigenvalue weighted by molar-refractivity contribution is 6.06. The summed E-state index contributed by atoms with van der Waals surface area (Å²) in [5.41, 5.74) is 8.97. The fraction of sp³-hybridized carbons (Fsp3) is 0.133. The zero-order valence-electron chi connectivity index (χ0n) is 21.9. The number of fused-ring (bicyclic) bond motifs is 1. The molecule has 0 saturated heterocycles. The molecule has 1 unspecified atom stereocenters. The van der Waals surface area contributed by atoms with E-state index in [-0.39, 0.29) is 22.7 Å². The Morgan fingerprint density at radius 3 is 2.40 bits per heavy atom. The number of nitrogens with zero attached hydrogens (tertiary/aromatic N) is 3. The quantitative estimate of drug-likeness (QED) is 0.352. The van der Waals surface area contributed by atoms with Gasteiger partial charge in [0.1, 0.15) is 22.8 Å². The topological polar surface area (TPSA) is 141 Å². The molecule has 2 N–H and O–H groups in total. The van der Waals surface area contributed by atoms with Crippen LogP contribution in [-0.4, -0.2) is 38.3 Å². The van der Waals surface area contributed by atoms with Gasteiger partial charge in [-0.3, -0.25) is 4.90 Å². The third-order valence-corrected chi connectivity index (χ3v) is 6.56. The van der Waals surface area contributed by atoms with Gasteiger partial charge in [-0.05, 0) is 42.0 Å². The van der Waals surface area contributed by atoms with Crippen molar-refractivity contribution >= 4 is 28.7 Å². The number of nitriles is 1. The summed E-state index contributed by atoms with van der Waals surface area (Å²) in [5.74, 6) is -1.64. The predicted octanol–water partition coefficient (Wildman–Crippen LogP) is 4.40. The summed E-state index contributed by atoms with van der Waals surface area (Å²) in [6.45, 7) is 0. The van der Waals surface area contributed by atoms with Gasteiger partial charge in [-0.15, -0.1) is 0 Å². The number of allylic oxidation sites excluding steroid dienone is 1. The zero-order chi connectivity index (χ0) is 28.4. The number of oxazole rings is 1. The maximum atomic E-state index is 13.3. The van der Waals surface area contributed by atoms with Crippen LogP contribution in [0.1, 0.15) is 11.5 Å². The van der Waals surface area contributed by atoms with E-state index in [1.165, 1.54) is 19.1 Å². The number of hydrogen-bond donors (Lipinski definition) is 1. The first-order valence-electron chi connectivity index (χ1n) is 12.1. The minimum absolute atomic E-state index is 0.0414. The predicted molar refractivity (Wildman–Crippen MR) is 146 cm³/mol. The minimum atomic E-state index is -0.959. The van der Waals surface area contributed by atoms with E-state index < -0.39 is 17.9 Å². The summed E-state index contributed by atoms with van der Waals surface area (Å²) in [5, 5.41) is 10.2. The van der Waals surface area contributed by atoms with Gasteiger partial charge < -0.3 is 24.4 Å². The molecule has 0 spiro atoms. The zero-order valence-corrected chi connectivity index (χ0v) is 21.9. The van der Waals surface area contributed by atoms with Crippen LogP contribution in [0.15, 0.2) is 99.9 Å². The first-order valence-corrected chi connectivity index (χ1v) is 12.1. The van der Waals surface area contributed by atoms with Crippen molar-refractivity contribution in [3.63, 3.8) is 0 Å². The van der Waals surface area contributed by atoms with E-state index in [0.717, 1.165) is 0 Å². The van der Waals surface area contributed by atoms with Gasteiger partial charge in [0, 0.05) is 5.56 Å². The Kier molecular flexibility index (Phi) is 6.95. The van der Waals surface area contributed by atoms with Gasteiger partial charge in [0.2, 0.25) is 5.89 Å². The average molecular weight is 537 g/mol. The van der Waals surface area contributed by atoms with Crippen LogP contribution in [0.2, 0.25) is 0 Å². The summed E-state index contributed by atoms with van der Waals surface area (Å²) in [6.07, 6.45) is 0. The van der Waals surface area contributed by atoms with E-state index in [4.69, 9.17) is 24.4 Å². The molecular weight excluding hydrogens is 512 g/mol. The van der Waals surface area contributed by atoms with E-state index in [1.807, 2.05) is 18.2 Å². The van der Waals surface area contributed by atoms with Gasteiger partial charge in [-0.1, -0.05) is 36.4 Å². The number of methoxy groups -OCH3 is 3. The molecule has 0 aliphatic carbocycles. The monoisotopic (exact) mass is 536 g/mol. The first kappa shape index (κ1) is 26.1. The average Bonchev–Trinajstić information content (AvgIpc) is 3.43. The lowest BCUT2D eigenvalue weighted by atomic mass is 9.81. The largest absolute Gasteiger partial charge is 0.497 e. The van der Waals surface area contributed by atoms with Gasteiger partial charge in [0.05, 0.1) is 50.2 Å². The molecule has 0 fully saturated rings. The van der Waals surface area contributed by atoms with E-state index >= 15 is 0 Å². The minimum Gasteiger partial charge on any atom is -0.497 e. The number of rotatable bonds is 6. The number of aromatic nitrogens is 1. The number of nitrogens with two attached hydrogens (primary N) is 1. The van der Waals surface area contributed by atoms with Crippen LogP contribution in [0.5, 0.6) is 5.75 Å². The van der Waals surface area contributed by atoms with E-state index in [0.29, 0.717) is 39.6 Å². The van der Waals surface area contributed by atoms with Crippen LogP contribution in [-0.2, 0) is 19.1 Å². The number of hydrogen-bond acceptors (Lipinski definition) is 10. The smallest absolute Gasteiger partial charge is 0.355 e. The number of carbonyl (C=O) groups is 2. The lowest BCUT2D eigenvalue weighted by molar-refractivity contribution is -0.139. The molecule has 1 atom stereocenters. The van der Waals surface area contributed by atoms with Crippen molar-refractivity contribution in [1.82, 2.24) is 4.98 Å². The third-order valence-electron chi connectivity index (χ3n) is 6.56. The van der Waals surface area contributed by atoms with Gasteiger partial charge in [0.25, 0.3) is 0 Å². The van der Waals surface area contributed by atoms with Crippen LogP contribution in [0, 0.1) is 11.3 Å². The highest BCUT2D eigenvalue weighted by Gasteiger charge is 2.43. The highest BCUT2D eigenvalue weighted by atomic mass is 16.5. The van der Waals surface area contributed by atoms with Crippen molar-refractivity contribution in [2.24, 2.45) is 5.73 Å². The molecule has 0 radical (unpaired) electrons. The van der Waals surface area contributed by atoms with Gasteiger partial charge >= 0.3 is 11.9 Å². The van der Waals surface area contributed by atoms with Crippen LogP contribution in [0.3, 0.4) is 0 Å². The van der Waals surface area contributed by atoms with Crippen molar-refractivity contribution in [3.8, 4) is 23.3 Å². The molecule has 1 aliphatic heterocycles. The maximum absolute atomic E-state index is 13.3. The molecule has 1 aromatic heterocycles. The molecule has 4 aromatic rings. The van der Waals surface area contributed by atoms with Crippen LogP contribution < -0.4 is 15.4 Å². The van der Waals surface area contributed by atoms with Crippen LogP contribution in [0.25, 0.3) is 22.6 Å². The molecular formula is C30H24N4O6. The molecule has 1 aliphatic rings. The van der Waals surface area contributed by atoms with E-state index in [9.17, 15) is 14.9 Å². The van der Waals surface area contributed by atoms with Crippen molar-refractivity contribution in [2.45, 2.75) is 5.92 Å². The van der Waals surface area contributed by atoms with Crippen molar-refractivity contribution in [3.05, 3.63) is 101 Å². The SMILES string of the molecule is COC(=O)C1=C(C(=O)OC)N(c2ccc3oc(-c4cccc(OC)c4)nc3c2)C(N)=C(C#N)C1c1ccccc1. The molecule has 0 amide bonds. The Bertz CT molecular complexity index is 1730. The molecule has 3 aromatic carbocycles. The molecule has 5 rings (SSSR count). The summed E-state index contributed by atoms with van der Waals surface area (Å²) in [6, 6.07) is 23.2. The number of esters is 2. The van der Waals surface area contributed by atoms with Gasteiger partial charge in [0.15, 0.2) is 5.58 Å². The van der Waals surface area contributed by atoms with Crippen LogP contribution >= 0.6 is 0 Å². The Morgan fingerprint density at radius 1 is 0.975 bits per heavy atom. The summed E-state index contributed by atoms with van der Waals surface area (Å²) >= 11 is 0. The maximum Gasteiger partial charge on any atom is 0.355 e. The second-order valence-corrected chi connectivity index (χ2v) is 8.74. The fourth-order valence-corrected chi connectivity index (χ4v) is 4.72. The first-order chi connectivity index (χ1) is 19.4. The molecule has 10 heteroatoms. The number of ether oxygens (including phenoxy) is 3. The summed E-state index contributed by atoms with van der Waals surface area (Å²) in [4.78, 5) is 32.4. The number of benzene rings is 3. The second-order valence-electron chi connectivity index (χ2n) is 8.74. The normalized spacial score (nSPS) is 15.2. The van der Waals surface area contributed by atoms with Crippen molar-refractivity contribution < 1.29 is 28.2 Å². The number of carbonyl (C=O) groups excluding carboxylic acids is 2. The summed E-state index contributed by atoms with van der Waals surface area (Å²) in [7, 11) is 3.97. The Hall–Kier alpha value is -5.56. The lowest BCUT2D eigenvalue weighted by Gasteiger charge is -2.35. The lowest BCUT2D eigenvalue weighted by Crippen LogP contribution is -2.40. The fourth-order valence-electron chi connectivity index (χ4n) is 4.72. The Morgan fingerprint density at radius 2 is 1.73 bits per heavy atom. The standard InChI is InChI=1S/C30H24N4O6/c1-37-20-11-7-10-18(14-20)28-33-22-15-19(12-13-23(22)40-28)34-26(30(36)39-3)25(29(35)38-2)24(21(16-31)27(34)32)17-8-5-4-6-9-17/h4-15,24H,32H2,1-3H3. The Labute approximate surface area is 229 Å². The van der Waals surface area contributed by atoms with Crippen molar-refractivity contribution in [2.75, 3.05) is 26.2 Å². The molecule has 200 valence electrons. The van der Waals surface area contributed by atoms with Crippen LogP contribution in [0.4, 0.5) is 5.69 Å².